The highest BCUT2D eigenvalue weighted by Crippen LogP contribution is 2.29. The quantitative estimate of drug-likeness (QED) is 0.350. The zero-order chi connectivity index (χ0) is 26.5. The number of piperidine rings is 1. The van der Waals surface area contributed by atoms with Crippen LogP contribution in [0.4, 0.5) is 0 Å². The van der Waals surface area contributed by atoms with Crippen molar-refractivity contribution >= 4 is 29.6 Å². The summed E-state index contributed by atoms with van der Waals surface area (Å²) < 4.78 is 5.22. The molecule has 2 aliphatic heterocycles. The molecule has 4 rings (SSSR count). The number of amides is 4. The number of carbonyl (C=O) groups is 5. The normalized spacial score (nSPS) is 17.2. The van der Waals surface area contributed by atoms with Gasteiger partial charge >= 0.3 is 5.97 Å². The summed E-state index contributed by atoms with van der Waals surface area (Å²) in [6.45, 7) is 1.72. The molecule has 0 spiro atoms. The Morgan fingerprint density at radius 2 is 1.68 bits per heavy atom. The van der Waals surface area contributed by atoms with Crippen molar-refractivity contribution in [3.8, 4) is 5.75 Å². The number of imide groups is 2. The lowest BCUT2D eigenvalue weighted by Gasteiger charge is -2.27. The molecule has 194 valence electrons. The molecule has 0 saturated carbocycles. The van der Waals surface area contributed by atoms with E-state index < -0.39 is 35.6 Å². The highest BCUT2D eigenvalue weighted by molar-refractivity contribution is 6.23. The first kappa shape index (κ1) is 26.0. The third-order valence-corrected chi connectivity index (χ3v) is 6.59. The van der Waals surface area contributed by atoms with Crippen molar-refractivity contribution < 1.29 is 33.8 Å². The summed E-state index contributed by atoms with van der Waals surface area (Å²) in [7, 11) is 1.60. The Kier molecular flexibility index (Phi) is 7.98. The standard InChI is InChI=1S/C27H29N3O7/c1-37-19-8-5-17(6-9-19)15-29(13-3-2-4-24(32)33)16-18-7-10-20-21(14-18)27(36)30(26(20)35)22-11-12-23(31)28-25(22)34/h5-10,14,22H,2-4,11-13,15-16H2,1H3,(H,32,33)(H,28,31,34). The van der Waals surface area contributed by atoms with Gasteiger partial charge < -0.3 is 9.84 Å². The van der Waals surface area contributed by atoms with Crippen molar-refractivity contribution in [2.75, 3.05) is 13.7 Å². The van der Waals surface area contributed by atoms with E-state index in [0.717, 1.165) is 21.8 Å². The Morgan fingerprint density at radius 1 is 1.00 bits per heavy atom. The number of carbonyl (C=O) groups excluding carboxylic acids is 4. The molecule has 1 unspecified atom stereocenters. The van der Waals surface area contributed by atoms with Gasteiger partial charge in [0, 0.05) is 25.9 Å². The van der Waals surface area contributed by atoms with Crippen LogP contribution >= 0.6 is 0 Å². The van der Waals surface area contributed by atoms with Crippen LogP contribution in [0.5, 0.6) is 5.75 Å². The average Bonchev–Trinajstić information content (AvgIpc) is 3.11. The number of unbranched alkanes of at least 4 members (excludes halogenated alkanes) is 1. The minimum atomic E-state index is -1.01. The first-order valence-corrected chi connectivity index (χ1v) is 12.2. The minimum Gasteiger partial charge on any atom is -0.497 e. The Bertz CT molecular complexity index is 1230. The van der Waals surface area contributed by atoms with Gasteiger partial charge in [0.05, 0.1) is 18.2 Å². The zero-order valence-electron chi connectivity index (χ0n) is 20.6. The lowest BCUT2D eigenvalue weighted by Crippen LogP contribution is -2.54. The molecule has 0 aromatic heterocycles. The van der Waals surface area contributed by atoms with E-state index in [-0.39, 0.29) is 30.4 Å². The lowest BCUT2D eigenvalue weighted by atomic mass is 10.0. The molecule has 2 aliphatic rings. The van der Waals surface area contributed by atoms with Crippen LogP contribution in [0.15, 0.2) is 42.5 Å². The van der Waals surface area contributed by atoms with Gasteiger partial charge in [0.2, 0.25) is 11.8 Å². The number of nitrogens with zero attached hydrogens (tertiary/aromatic N) is 2. The number of methoxy groups -OCH3 is 1. The smallest absolute Gasteiger partial charge is 0.303 e. The summed E-state index contributed by atoms with van der Waals surface area (Å²) in [5.74, 6) is -2.22. The SMILES string of the molecule is COc1ccc(CN(CCCCC(=O)O)Cc2ccc3c(c2)C(=O)N(C2CCC(=O)NC2=O)C3=O)cc1. The molecule has 2 N–H and O–H groups in total. The van der Waals surface area contributed by atoms with Gasteiger partial charge in [-0.3, -0.25) is 39.1 Å². The Hall–Kier alpha value is -4.05. The van der Waals surface area contributed by atoms with Crippen LogP contribution in [-0.2, 0) is 27.5 Å². The van der Waals surface area contributed by atoms with E-state index in [0.29, 0.717) is 32.5 Å². The average molecular weight is 508 g/mol. The number of fused-ring (bicyclic) bond motifs is 1. The molecule has 2 aromatic carbocycles. The number of benzene rings is 2. The highest BCUT2D eigenvalue weighted by Gasteiger charge is 2.44. The third kappa shape index (κ3) is 6.03. The van der Waals surface area contributed by atoms with Crippen LogP contribution < -0.4 is 10.1 Å². The van der Waals surface area contributed by atoms with Crippen molar-refractivity contribution in [3.63, 3.8) is 0 Å². The van der Waals surface area contributed by atoms with E-state index in [9.17, 15) is 24.0 Å². The van der Waals surface area contributed by atoms with Crippen molar-refractivity contribution in [1.29, 1.82) is 0 Å². The number of carboxylic acid groups (broad SMARTS) is 1. The van der Waals surface area contributed by atoms with Crippen molar-refractivity contribution in [2.45, 2.75) is 51.2 Å². The molecule has 0 radical (unpaired) electrons. The maximum Gasteiger partial charge on any atom is 0.303 e. The van der Waals surface area contributed by atoms with E-state index in [4.69, 9.17) is 9.84 Å². The predicted octanol–water partition coefficient (Wildman–Crippen LogP) is 2.35. The van der Waals surface area contributed by atoms with Crippen LogP contribution in [0.25, 0.3) is 0 Å². The monoisotopic (exact) mass is 507 g/mol. The summed E-state index contributed by atoms with van der Waals surface area (Å²) in [5, 5.41) is 11.1. The summed E-state index contributed by atoms with van der Waals surface area (Å²) in [5.41, 5.74) is 2.34. The third-order valence-electron chi connectivity index (χ3n) is 6.59. The van der Waals surface area contributed by atoms with Crippen LogP contribution in [0.3, 0.4) is 0 Å². The number of rotatable bonds is 11. The zero-order valence-corrected chi connectivity index (χ0v) is 20.6. The van der Waals surface area contributed by atoms with E-state index >= 15 is 0 Å². The number of carboxylic acids is 1. The highest BCUT2D eigenvalue weighted by atomic mass is 16.5. The fraction of sp³-hybridized carbons (Fsp3) is 0.370. The molecular weight excluding hydrogens is 478 g/mol. The lowest BCUT2D eigenvalue weighted by molar-refractivity contribution is -0.138. The molecule has 0 bridgehead atoms. The van der Waals surface area contributed by atoms with E-state index in [2.05, 4.69) is 10.2 Å². The molecule has 10 nitrogen and oxygen atoms in total. The fourth-order valence-electron chi connectivity index (χ4n) is 4.69. The second kappa shape index (κ2) is 11.3. The van der Waals surface area contributed by atoms with E-state index in [1.54, 1.807) is 25.3 Å². The number of nitrogens with one attached hydrogen (secondary N) is 1. The molecular formula is C27H29N3O7. The topological polar surface area (TPSA) is 133 Å². The summed E-state index contributed by atoms with van der Waals surface area (Å²) in [6.07, 6.45) is 1.51. The van der Waals surface area contributed by atoms with Crippen LogP contribution in [-0.4, -0.2) is 64.2 Å². The predicted molar refractivity (Wildman–Crippen MR) is 132 cm³/mol. The molecule has 1 atom stereocenters. The summed E-state index contributed by atoms with van der Waals surface area (Å²) in [6, 6.07) is 11.7. The van der Waals surface area contributed by atoms with Crippen molar-refractivity contribution in [1.82, 2.24) is 15.1 Å². The van der Waals surface area contributed by atoms with Gasteiger partial charge in [-0.2, -0.15) is 0 Å². The summed E-state index contributed by atoms with van der Waals surface area (Å²) in [4.78, 5) is 63.9. The van der Waals surface area contributed by atoms with Gasteiger partial charge in [0.15, 0.2) is 0 Å². The Labute approximate surface area is 214 Å². The molecule has 37 heavy (non-hydrogen) atoms. The number of hydrogen-bond donors (Lipinski definition) is 2. The first-order valence-electron chi connectivity index (χ1n) is 12.2. The van der Waals surface area contributed by atoms with Crippen LogP contribution in [0, 0.1) is 0 Å². The van der Waals surface area contributed by atoms with Gasteiger partial charge in [-0.15, -0.1) is 0 Å². The van der Waals surface area contributed by atoms with Crippen molar-refractivity contribution in [3.05, 3.63) is 64.7 Å². The maximum absolute atomic E-state index is 13.2. The molecule has 10 heteroatoms. The number of aliphatic carboxylic acids is 1. The first-order chi connectivity index (χ1) is 17.8. The van der Waals surface area contributed by atoms with E-state index in [1.807, 2.05) is 24.3 Å². The fourth-order valence-corrected chi connectivity index (χ4v) is 4.69. The molecule has 1 fully saturated rings. The number of hydrogen-bond acceptors (Lipinski definition) is 7. The molecule has 0 aliphatic carbocycles. The van der Waals surface area contributed by atoms with Gasteiger partial charge in [-0.25, -0.2) is 0 Å². The van der Waals surface area contributed by atoms with Crippen LogP contribution in [0.1, 0.15) is 63.9 Å². The summed E-state index contributed by atoms with van der Waals surface area (Å²) >= 11 is 0. The second-order valence-corrected chi connectivity index (χ2v) is 9.24. The number of ether oxygens (including phenoxy) is 1. The van der Waals surface area contributed by atoms with Gasteiger partial charge in [0.25, 0.3) is 11.8 Å². The molecule has 1 saturated heterocycles. The van der Waals surface area contributed by atoms with Gasteiger partial charge in [-0.1, -0.05) is 18.2 Å². The van der Waals surface area contributed by atoms with Gasteiger partial charge in [-0.05, 0) is 61.2 Å². The molecule has 2 aromatic rings. The minimum absolute atomic E-state index is 0.0667. The Morgan fingerprint density at radius 3 is 2.35 bits per heavy atom. The molecule has 2 heterocycles. The maximum atomic E-state index is 13.2. The van der Waals surface area contributed by atoms with Crippen LogP contribution in [0.2, 0.25) is 0 Å². The van der Waals surface area contributed by atoms with E-state index in [1.165, 1.54) is 0 Å². The Balaban J connectivity index is 1.50. The second-order valence-electron chi connectivity index (χ2n) is 9.24. The van der Waals surface area contributed by atoms with Gasteiger partial charge in [0.1, 0.15) is 11.8 Å². The molecule has 4 amide bonds. The largest absolute Gasteiger partial charge is 0.497 e. The van der Waals surface area contributed by atoms with Crippen molar-refractivity contribution in [2.24, 2.45) is 0 Å².